The van der Waals surface area contributed by atoms with Crippen LogP contribution in [0.25, 0.3) is 0 Å². The second kappa shape index (κ2) is 3.26. The molecule has 0 aliphatic rings. The summed E-state index contributed by atoms with van der Waals surface area (Å²) in [6, 6.07) is 0.799. The largest absolute Gasteiger partial charge is 0.511 e. The molecule has 0 amide bonds. The first kappa shape index (κ1) is 11.0. The maximum atomic E-state index is 13.3. The summed E-state index contributed by atoms with van der Waals surface area (Å²) in [5, 5.41) is 0. The molecule has 0 aliphatic heterocycles. The van der Waals surface area contributed by atoms with Gasteiger partial charge in [-0.05, 0) is 20.0 Å². The lowest BCUT2D eigenvalue weighted by Gasteiger charge is -2.19. The zero-order valence-corrected chi connectivity index (χ0v) is 7.77. The summed E-state index contributed by atoms with van der Waals surface area (Å²) < 4.78 is 50.1. The lowest BCUT2D eigenvalue weighted by molar-refractivity contribution is 0.221. The molecule has 1 aromatic rings. The summed E-state index contributed by atoms with van der Waals surface area (Å²) in [6.45, 7) is -2.72. The van der Waals surface area contributed by atoms with Crippen molar-refractivity contribution in [2.75, 3.05) is 0 Å². The average molecular weight is 206 g/mol. The van der Waals surface area contributed by atoms with Crippen LogP contribution in [-0.2, 0) is 5.67 Å². The molecule has 0 N–H and O–H groups in total. The van der Waals surface area contributed by atoms with E-state index < -0.39 is 18.1 Å². The highest BCUT2D eigenvalue weighted by atomic mass is 19.4. The molecule has 6 heteroatoms. The van der Waals surface area contributed by atoms with Gasteiger partial charge < -0.3 is 12.9 Å². The lowest BCUT2D eigenvalue weighted by Crippen LogP contribution is -2.35. The summed E-state index contributed by atoms with van der Waals surface area (Å²) in [4.78, 5) is 3.37. The van der Waals surface area contributed by atoms with Crippen molar-refractivity contribution in [2.45, 2.75) is 19.5 Å². The quantitative estimate of drug-likeness (QED) is 0.534. The summed E-state index contributed by atoms with van der Waals surface area (Å²) in [5.41, 5.74) is -2.73. The first-order valence-corrected chi connectivity index (χ1v) is 4.05. The van der Waals surface area contributed by atoms with E-state index in [4.69, 9.17) is 0 Å². The van der Waals surface area contributed by atoms with Gasteiger partial charge in [-0.3, -0.25) is 4.98 Å². The third kappa shape index (κ3) is 2.46. The van der Waals surface area contributed by atoms with Crippen molar-refractivity contribution in [3.8, 4) is 0 Å². The zero-order chi connectivity index (χ0) is 11.0. The second-order valence-corrected chi connectivity index (χ2v) is 3.55. The van der Waals surface area contributed by atoms with Crippen LogP contribution in [0.1, 0.15) is 19.4 Å². The van der Waals surface area contributed by atoms with E-state index in [1.54, 1.807) is 0 Å². The molecule has 1 heterocycles. The van der Waals surface area contributed by atoms with Gasteiger partial charge in [-0.2, -0.15) is 0 Å². The minimum atomic E-state index is -5.11. The highest BCUT2D eigenvalue weighted by Crippen LogP contribution is 2.23. The molecule has 78 valence electrons. The van der Waals surface area contributed by atoms with Gasteiger partial charge in [0.15, 0.2) is 0 Å². The van der Waals surface area contributed by atoms with Crippen molar-refractivity contribution in [3.63, 3.8) is 0 Å². The smallest absolute Gasteiger partial charge is 0.445 e. The molecular weight excluding hydrogens is 197 g/mol. The molecule has 14 heavy (non-hydrogen) atoms. The topological polar surface area (TPSA) is 12.9 Å². The minimum Gasteiger partial charge on any atom is -0.445 e. The van der Waals surface area contributed by atoms with E-state index in [9.17, 15) is 17.3 Å². The number of halogens is 4. The number of alkyl halides is 1. The van der Waals surface area contributed by atoms with Crippen LogP contribution >= 0.6 is 0 Å². The van der Waals surface area contributed by atoms with Crippen LogP contribution in [0.5, 0.6) is 0 Å². The Morgan fingerprint density at radius 3 is 2.21 bits per heavy atom. The molecule has 0 spiro atoms. The van der Waals surface area contributed by atoms with Gasteiger partial charge in [0.1, 0.15) is 5.67 Å². The van der Waals surface area contributed by atoms with Gasteiger partial charge in [-0.1, -0.05) is 11.5 Å². The Labute approximate surface area is 79.2 Å². The summed E-state index contributed by atoms with van der Waals surface area (Å²) in [6.07, 6.45) is 1.81. The van der Waals surface area contributed by atoms with Crippen molar-refractivity contribution in [2.24, 2.45) is 0 Å². The number of pyridine rings is 1. The van der Waals surface area contributed by atoms with Crippen molar-refractivity contribution in [1.82, 2.24) is 4.98 Å². The van der Waals surface area contributed by atoms with Crippen LogP contribution in [0, 0.1) is 0 Å². The normalized spacial score (nSPS) is 13.0. The molecule has 1 nitrogen and oxygen atoms in total. The lowest BCUT2D eigenvalue weighted by atomic mass is 9.80. The predicted octanol–water partition coefficient (Wildman–Crippen LogP) is 2.34. The molecule has 1 rings (SSSR count). The number of nitrogens with zero attached hydrogens (tertiary/aromatic N) is 1. The SMILES string of the molecule is CC(C)(F)c1cncc([B-](F)(F)F)c1. The molecular formula is C8H9BF4N-. The van der Waals surface area contributed by atoms with Crippen LogP contribution < -0.4 is 5.46 Å². The van der Waals surface area contributed by atoms with Gasteiger partial charge in [0.25, 0.3) is 0 Å². The van der Waals surface area contributed by atoms with Gasteiger partial charge >= 0.3 is 6.98 Å². The Balaban J connectivity index is 3.15. The first-order chi connectivity index (χ1) is 6.21. The minimum absolute atomic E-state index is 0.0609. The van der Waals surface area contributed by atoms with Crippen LogP contribution in [0.3, 0.4) is 0 Å². The average Bonchev–Trinajstić information content (AvgIpc) is 2.01. The molecule has 0 bridgehead atoms. The Morgan fingerprint density at radius 1 is 1.21 bits per heavy atom. The molecule has 0 fully saturated rings. The van der Waals surface area contributed by atoms with E-state index in [2.05, 4.69) is 4.98 Å². The third-order valence-electron chi connectivity index (χ3n) is 1.82. The van der Waals surface area contributed by atoms with E-state index in [0.29, 0.717) is 6.20 Å². The van der Waals surface area contributed by atoms with Crippen LogP contribution in [0.4, 0.5) is 17.3 Å². The van der Waals surface area contributed by atoms with Crippen molar-refractivity contribution in [3.05, 3.63) is 24.0 Å². The van der Waals surface area contributed by atoms with Gasteiger partial charge in [-0.25, -0.2) is 4.39 Å². The molecule has 0 saturated carbocycles. The van der Waals surface area contributed by atoms with Gasteiger partial charge in [0.2, 0.25) is 0 Å². The molecule has 1 aromatic heterocycles. The number of rotatable bonds is 2. The van der Waals surface area contributed by atoms with Crippen molar-refractivity contribution >= 4 is 12.4 Å². The number of hydrogen-bond acceptors (Lipinski definition) is 1. The van der Waals surface area contributed by atoms with Gasteiger partial charge in [-0.15, -0.1) is 0 Å². The Morgan fingerprint density at radius 2 is 1.79 bits per heavy atom. The standard InChI is InChI=1S/C8H9BF4N/c1-8(2,10)6-3-7(5-14-4-6)9(11,12)13/h3-5H,1-2H3/q-1. The molecule has 0 atom stereocenters. The van der Waals surface area contributed by atoms with Gasteiger partial charge in [0.05, 0.1) is 0 Å². The van der Waals surface area contributed by atoms with E-state index in [-0.39, 0.29) is 5.56 Å². The maximum absolute atomic E-state index is 13.3. The highest BCUT2D eigenvalue weighted by Gasteiger charge is 2.28. The fourth-order valence-electron chi connectivity index (χ4n) is 0.962. The van der Waals surface area contributed by atoms with Crippen molar-refractivity contribution < 1.29 is 17.3 Å². The highest BCUT2D eigenvalue weighted by molar-refractivity contribution is 6.73. The van der Waals surface area contributed by atoms with E-state index in [1.165, 1.54) is 13.8 Å². The van der Waals surface area contributed by atoms with Crippen LogP contribution in [-0.4, -0.2) is 12.0 Å². The first-order valence-electron chi connectivity index (χ1n) is 4.05. The Hall–Kier alpha value is -1.07. The van der Waals surface area contributed by atoms with E-state index >= 15 is 0 Å². The van der Waals surface area contributed by atoms with Crippen LogP contribution in [0.2, 0.25) is 0 Å². The Bertz CT molecular complexity index is 300. The summed E-state index contributed by atoms with van der Waals surface area (Å²) in [7, 11) is 0. The monoisotopic (exact) mass is 206 g/mol. The molecule has 0 radical (unpaired) electrons. The number of aromatic nitrogens is 1. The maximum Gasteiger partial charge on any atom is 0.511 e. The molecule has 0 unspecified atom stereocenters. The molecule has 0 saturated heterocycles. The van der Waals surface area contributed by atoms with Crippen molar-refractivity contribution in [1.29, 1.82) is 0 Å². The second-order valence-electron chi connectivity index (χ2n) is 3.55. The fourth-order valence-corrected chi connectivity index (χ4v) is 0.962. The molecule has 0 aliphatic carbocycles. The fraction of sp³-hybridized carbons (Fsp3) is 0.375. The van der Waals surface area contributed by atoms with Gasteiger partial charge in [0, 0.05) is 11.8 Å². The summed E-state index contributed by atoms with van der Waals surface area (Å²) >= 11 is 0. The van der Waals surface area contributed by atoms with E-state index in [0.717, 1.165) is 12.3 Å². The molecule has 0 aromatic carbocycles. The summed E-state index contributed by atoms with van der Waals surface area (Å²) in [5.74, 6) is 0. The Kier molecular flexibility index (Phi) is 2.56. The third-order valence-corrected chi connectivity index (χ3v) is 1.82. The zero-order valence-electron chi connectivity index (χ0n) is 7.77. The number of hydrogen-bond donors (Lipinski definition) is 0. The van der Waals surface area contributed by atoms with Crippen LogP contribution in [0.15, 0.2) is 18.5 Å². The predicted molar refractivity (Wildman–Crippen MR) is 47.1 cm³/mol. The van der Waals surface area contributed by atoms with E-state index in [1.807, 2.05) is 0 Å².